The van der Waals surface area contributed by atoms with Crippen LogP contribution in [0.3, 0.4) is 0 Å². The number of pyridine rings is 1. The van der Waals surface area contributed by atoms with E-state index in [0.29, 0.717) is 17.0 Å². The summed E-state index contributed by atoms with van der Waals surface area (Å²) in [6, 6.07) is 7.75. The molecule has 10 heteroatoms. The highest BCUT2D eigenvalue weighted by Crippen LogP contribution is 2.42. The number of H-pyrrole nitrogens is 1. The summed E-state index contributed by atoms with van der Waals surface area (Å²) in [5.41, 5.74) is 0.661. The topological polar surface area (TPSA) is 97.2 Å². The third kappa shape index (κ3) is 3.86. The van der Waals surface area contributed by atoms with Gasteiger partial charge < -0.3 is 19.4 Å². The van der Waals surface area contributed by atoms with Gasteiger partial charge >= 0.3 is 12.3 Å². The molecule has 150 valence electrons. The molecule has 0 amide bonds. The highest BCUT2D eigenvalue weighted by molar-refractivity contribution is 5.94. The maximum atomic E-state index is 12.4. The van der Waals surface area contributed by atoms with Crippen LogP contribution in [0.1, 0.15) is 29.4 Å². The van der Waals surface area contributed by atoms with Crippen molar-refractivity contribution in [3.63, 3.8) is 0 Å². The molecule has 2 N–H and O–H groups in total. The fourth-order valence-corrected chi connectivity index (χ4v) is 3.09. The van der Waals surface area contributed by atoms with Gasteiger partial charge in [-0.25, -0.2) is 9.78 Å². The Bertz CT molecular complexity index is 1110. The van der Waals surface area contributed by atoms with Crippen molar-refractivity contribution in [3.8, 4) is 28.4 Å². The van der Waals surface area contributed by atoms with Crippen LogP contribution in [0.15, 0.2) is 47.4 Å². The Morgan fingerprint density at radius 3 is 2.31 bits per heavy atom. The fourth-order valence-electron chi connectivity index (χ4n) is 3.09. The lowest BCUT2D eigenvalue weighted by Gasteiger charge is -2.11. The zero-order chi connectivity index (χ0) is 20.8. The summed E-state index contributed by atoms with van der Waals surface area (Å²) in [7, 11) is 0. The number of nitrogens with one attached hydrogen (secondary N) is 1. The van der Waals surface area contributed by atoms with E-state index in [1.165, 1.54) is 30.5 Å². The Kier molecular flexibility index (Phi) is 4.40. The molecule has 0 bridgehead atoms. The minimum atomic E-state index is -4.80. The number of aromatic carboxylic acids is 1. The summed E-state index contributed by atoms with van der Waals surface area (Å²) in [5.74, 6) is -1.25. The predicted molar refractivity (Wildman–Crippen MR) is 95.6 cm³/mol. The molecule has 0 spiro atoms. The van der Waals surface area contributed by atoms with Crippen molar-refractivity contribution in [1.29, 1.82) is 0 Å². The molecule has 2 heterocycles. The van der Waals surface area contributed by atoms with Crippen LogP contribution in [0.25, 0.3) is 22.6 Å². The molecule has 4 rings (SSSR count). The van der Waals surface area contributed by atoms with Gasteiger partial charge in [-0.15, -0.1) is 13.2 Å². The van der Waals surface area contributed by atoms with Gasteiger partial charge in [-0.1, -0.05) is 0 Å². The van der Waals surface area contributed by atoms with Gasteiger partial charge in [-0.2, -0.15) is 0 Å². The monoisotopic (exact) mass is 405 g/mol. The average molecular weight is 405 g/mol. The van der Waals surface area contributed by atoms with Crippen molar-refractivity contribution >= 4 is 5.97 Å². The molecule has 1 saturated carbocycles. The normalized spacial score (nSPS) is 14.0. The molecule has 2 aromatic heterocycles. The number of nitrogens with zero attached hydrogens (tertiary/aromatic N) is 2. The highest BCUT2D eigenvalue weighted by Gasteiger charge is 2.34. The molecule has 0 aliphatic heterocycles. The lowest BCUT2D eigenvalue weighted by Crippen LogP contribution is -2.17. The first-order valence-corrected chi connectivity index (χ1v) is 8.64. The lowest BCUT2D eigenvalue weighted by atomic mass is 10.1. The Balaban J connectivity index is 1.83. The van der Waals surface area contributed by atoms with Gasteiger partial charge in [-0.05, 0) is 43.2 Å². The van der Waals surface area contributed by atoms with E-state index < -0.39 is 12.3 Å². The third-order valence-corrected chi connectivity index (χ3v) is 4.43. The van der Waals surface area contributed by atoms with Crippen molar-refractivity contribution in [2.75, 3.05) is 0 Å². The third-order valence-electron chi connectivity index (χ3n) is 4.43. The molecule has 0 unspecified atom stereocenters. The van der Waals surface area contributed by atoms with Gasteiger partial charge in [0, 0.05) is 29.4 Å². The van der Waals surface area contributed by atoms with Crippen molar-refractivity contribution in [1.82, 2.24) is 14.5 Å². The van der Waals surface area contributed by atoms with Gasteiger partial charge in [0.05, 0.1) is 0 Å². The summed E-state index contributed by atoms with van der Waals surface area (Å²) in [6.45, 7) is 0. The second kappa shape index (κ2) is 6.80. The van der Waals surface area contributed by atoms with Crippen molar-refractivity contribution < 1.29 is 27.8 Å². The first-order chi connectivity index (χ1) is 13.7. The Labute approximate surface area is 161 Å². The van der Waals surface area contributed by atoms with E-state index in [0.717, 1.165) is 25.0 Å². The molecule has 0 saturated heterocycles. The lowest BCUT2D eigenvalue weighted by molar-refractivity contribution is -0.274. The molecule has 29 heavy (non-hydrogen) atoms. The maximum absolute atomic E-state index is 12.4. The molecule has 1 aliphatic carbocycles. The minimum absolute atomic E-state index is 0.0369. The van der Waals surface area contributed by atoms with Gasteiger partial charge in [0.25, 0.3) is 0 Å². The summed E-state index contributed by atoms with van der Waals surface area (Å²) >= 11 is 0. The Morgan fingerprint density at radius 2 is 1.79 bits per heavy atom. The SMILES string of the molecule is O=C(O)c1c(-c2ccc(=O)[nH]c2)nc(-c2ccc(OC(F)(F)F)cc2)n1C1CC1. The molecule has 1 aliphatic rings. The number of carbonyl (C=O) groups is 1. The smallest absolute Gasteiger partial charge is 0.477 e. The van der Waals surface area contributed by atoms with E-state index in [1.54, 1.807) is 4.57 Å². The minimum Gasteiger partial charge on any atom is -0.477 e. The van der Waals surface area contributed by atoms with Crippen LogP contribution < -0.4 is 10.3 Å². The van der Waals surface area contributed by atoms with E-state index in [2.05, 4.69) is 14.7 Å². The number of aromatic amines is 1. The van der Waals surface area contributed by atoms with Gasteiger partial charge in [-0.3, -0.25) is 4.79 Å². The van der Waals surface area contributed by atoms with Gasteiger partial charge in [0.1, 0.15) is 17.3 Å². The van der Waals surface area contributed by atoms with E-state index in [4.69, 9.17) is 0 Å². The average Bonchev–Trinajstić information content (AvgIpc) is 3.41. The maximum Gasteiger partial charge on any atom is 0.573 e. The van der Waals surface area contributed by atoms with Crippen molar-refractivity contribution in [2.45, 2.75) is 25.2 Å². The number of benzene rings is 1. The van der Waals surface area contributed by atoms with Crippen LogP contribution in [0.4, 0.5) is 13.2 Å². The number of carboxylic acids is 1. The van der Waals surface area contributed by atoms with Gasteiger partial charge in [0.15, 0.2) is 5.69 Å². The van der Waals surface area contributed by atoms with E-state index in [9.17, 15) is 27.9 Å². The van der Waals surface area contributed by atoms with E-state index in [1.807, 2.05) is 0 Å². The Hall–Kier alpha value is -3.56. The first kappa shape index (κ1) is 18.8. The summed E-state index contributed by atoms with van der Waals surface area (Å²) in [5, 5.41) is 9.79. The second-order valence-electron chi connectivity index (χ2n) is 6.55. The van der Waals surface area contributed by atoms with Crippen LogP contribution in [0.5, 0.6) is 5.75 Å². The molecular weight excluding hydrogens is 391 g/mol. The fraction of sp³-hybridized carbons (Fsp3) is 0.211. The number of imidazole rings is 1. The molecule has 3 aromatic rings. The standard InChI is InChI=1S/C19H14F3N3O4/c20-19(21,22)29-13-6-1-10(2-7-13)17-24-15(11-3-8-14(26)23-9-11)16(18(27)28)25(17)12-4-5-12/h1-3,6-9,12H,4-5H2,(H,23,26)(H,27,28). The number of alkyl halides is 3. The molecule has 1 fully saturated rings. The quantitative estimate of drug-likeness (QED) is 0.672. The number of halogens is 3. The van der Waals surface area contributed by atoms with Crippen molar-refractivity contribution in [2.24, 2.45) is 0 Å². The number of aromatic nitrogens is 3. The largest absolute Gasteiger partial charge is 0.573 e. The van der Waals surface area contributed by atoms with E-state index in [-0.39, 0.29) is 28.7 Å². The molecule has 1 aromatic carbocycles. The van der Waals surface area contributed by atoms with Crippen LogP contribution in [0.2, 0.25) is 0 Å². The zero-order valence-electron chi connectivity index (χ0n) is 14.7. The summed E-state index contributed by atoms with van der Waals surface area (Å²) < 4.78 is 42.6. The van der Waals surface area contributed by atoms with Crippen LogP contribution in [-0.4, -0.2) is 32.0 Å². The van der Waals surface area contributed by atoms with E-state index >= 15 is 0 Å². The summed E-state index contributed by atoms with van der Waals surface area (Å²) in [4.78, 5) is 30.3. The number of rotatable bonds is 5. The van der Waals surface area contributed by atoms with Crippen LogP contribution in [0, 0.1) is 0 Å². The summed E-state index contributed by atoms with van der Waals surface area (Å²) in [6.07, 6.45) is -1.89. The number of carboxylic acid groups (broad SMARTS) is 1. The number of ether oxygens (including phenoxy) is 1. The first-order valence-electron chi connectivity index (χ1n) is 8.64. The molecular formula is C19H14F3N3O4. The molecule has 0 radical (unpaired) electrons. The molecule has 7 nitrogen and oxygen atoms in total. The predicted octanol–water partition coefficient (Wildman–Crippen LogP) is 3.84. The van der Waals surface area contributed by atoms with Gasteiger partial charge in [0.2, 0.25) is 5.56 Å². The number of hydrogen-bond donors (Lipinski definition) is 2. The zero-order valence-corrected chi connectivity index (χ0v) is 14.7. The highest BCUT2D eigenvalue weighted by atomic mass is 19.4. The second-order valence-corrected chi connectivity index (χ2v) is 6.55. The molecule has 0 atom stereocenters. The van der Waals surface area contributed by atoms with Crippen molar-refractivity contribution in [3.05, 3.63) is 58.6 Å². The Morgan fingerprint density at radius 1 is 1.14 bits per heavy atom. The number of hydrogen-bond acceptors (Lipinski definition) is 4. The van der Waals surface area contributed by atoms with Crippen LogP contribution >= 0.6 is 0 Å². The van der Waals surface area contributed by atoms with Crippen LogP contribution in [-0.2, 0) is 0 Å².